The highest BCUT2D eigenvalue weighted by molar-refractivity contribution is 9.10. The minimum Gasteiger partial charge on any atom is -0.496 e. The van der Waals surface area contributed by atoms with Gasteiger partial charge in [-0.3, -0.25) is 4.79 Å². The third kappa shape index (κ3) is 3.70. The number of rotatable bonds is 7. The van der Waals surface area contributed by atoms with E-state index in [2.05, 4.69) is 15.9 Å². The molecule has 0 spiro atoms. The Kier molecular flexibility index (Phi) is 5.82. The van der Waals surface area contributed by atoms with Gasteiger partial charge in [-0.1, -0.05) is 22.9 Å². The van der Waals surface area contributed by atoms with Crippen LogP contribution in [0.1, 0.15) is 24.9 Å². The fourth-order valence-electron chi connectivity index (χ4n) is 1.87. The highest BCUT2D eigenvalue weighted by atomic mass is 79.9. The molecule has 0 bridgehead atoms. The van der Waals surface area contributed by atoms with Gasteiger partial charge in [0.1, 0.15) is 5.75 Å². The van der Waals surface area contributed by atoms with Crippen LogP contribution in [0.2, 0.25) is 0 Å². The van der Waals surface area contributed by atoms with Crippen molar-refractivity contribution in [2.75, 3.05) is 13.7 Å². The Morgan fingerprint density at radius 1 is 1.58 bits per heavy atom. The molecule has 1 N–H and O–H groups in total. The number of benzene rings is 1. The summed E-state index contributed by atoms with van der Waals surface area (Å²) < 4.78 is 5.91. The summed E-state index contributed by atoms with van der Waals surface area (Å²) in [5.41, 5.74) is 0.449. The lowest BCUT2D eigenvalue weighted by Crippen LogP contribution is -2.34. The van der Waals surface area contributed by atoms with Gasteiger partial charge in [-0.25, -0.2) is 4.79 Å². The second-order valence-electron chi connectivity index (χ2n) is 3.97. The first-order valence-corrected chi connectivity index (χ1v) is 6.61. The van der Waals surface area contributed by atoms with Crippen LogP contribution in [0.3, 0.4) is 0 Å². The van der Waals surface area contributed by atoms with Gasteiger partial charge in [-0.15, -0.1) is 0 Å². The molecule has 19 heavy (non-hydrogen) atoms. The molecule has 5 nitrogen and oxygen atoms in total. The predicted octanol–water partition coefficient (Wildman–Crippen LogP) is 2.45. The van der Waals surface area contributed by atoms with Crippen LogP contribution in [0.25, 0.3) is 0 Å². The number of carbonyl (C=O) groups excluding carboxylic acids is 1. The number of hydrogen-bond donors (Lipinski definition) is 1. The number of nitrogens with zero attached hydrogens (tertiary/aromatic N) is 1. The smallest absolute Gasteiger partial charge is 0.331 e. The molecule has 1 rings (SSSR count). The van der Waals surface area contributed by atoms with E-state index in [-0.39, 0.29) is 0 Å². The van der Waals surface area contributed by atoms with Gasteiger partial charge in [0.05, 0.1) is 7.11 Å². The molecule has 6 heteroatoms. The molecule has 0 aliphatic heterocycles. The fraction of sp³-hybridized carbons (Fsp3) is 0.385. The monoisotopic (exact) mass is 329 g/mol. The van der Waals surface area contributed by atoms with Crippen molar-refractivity contribution < 1.29 is 19.4 Å². The summed E-state index contributed by atoms with van der Waals surface area (Å²) in [6.45, 7) is 2.25. The molecule has 0 aromatic heterocycles. The summed E-state index contributed by atoms with van der Waals surface area (Å²) in [5, 5.41) is 9.39. The van der Waals surface area contributed by atoms with Crippen LogP contribution in [-0.4, -0.2) is 36.0 Å². The van der Waals surface area contributed by atoms with E-state index in [4.69, 9.17) is 4.74 Å². The molecule has 0 fully saturated rings. The van der Waals surface area contributed by atoms with Gasteiger partial charge in [0.25, 0.3) is 0 Å². The first-order valence-electron chi connectivity index (χ1n) is 5.82. The van der Waals surface area contributed by atoms with E-state index in [0.717, 1.165) is 4.47 Å². The van der Waals surface area contributed by atoms with Crippen LogP contribution in [0.5, 0.6) is 5.75 Å². The zero-order chi connectivity index (χ0) is 14.4. The van der Waals surface area contributed by atoms with Crippen molar-refractivity contribution in [2.45, 2.75) is 19.4 Å². The number of halogens is 1. The van der Waals surface area contributed by atoms with E-state index in [0.29, 0.717) is 30.7 Å². The average Bonchev–Trinajstić information content (AvgIpc) is 2.38. The molecule has 1 unspecified atom stereocenters. The molecule has 0 saturated heterocycles. The normalized spacial score (nSPS) is 11.7. The Hall–Kier alpha value is -1.56. The lowest BCUT2D eigenvalue weighted by atomic mass is 10.0. The summed E-state index contributed by atoms with van der Waals surface area (Å²) >= 11 is 3.30. The maximum atomic E-state index is 11.5. The number of amides is 1. The van der Waals surface area contributed by atoms with Crippen molar-refractivity contribution in [2.24, 2.45) is 0 Å². The van der Waals surface area contributed by atoms with Gasteiger partial charge in [0, 0.05) is 16.6 Å². The number of methoxy groups -OCH3 is 1. The predicted molar refractivity (Wildman–Crippen MR) is 74.1 cm³/mol. The molecular weight excluding hydrogens is 314 g/mol. The summed E-state index contributed by atoms with van der Waals surface area (Å²) in [6, 6.07) is 4.03. The topological polar surface area (TPSA) is 66.8 Å². The van der Waals surface area contributed by atoms with Crippen LogP contribution in [0.4, 0.5) is 0 Å². The van der Waals surface area contributed by atoms with Gasteiger partial charge in [0.15, 0.2) is 6.04 Å². The molecule has 0 aliphatic carbocycles. The minimum absolute atomic E-state index is 0.371. The molecule has 1 aromatic carbocycles. The first kappa shape index (κ1) is 15.5. The fourth-order valence-corrected chi connectivity index (χ4v) is 2.25. The summed E-state index contributed by atoms with van der Waals surface area (Å²) in [4.78, 5) is 23.8. The van der Waals surface area contributed by atoms with Gasteiger partial charge in [0.2, 0.25) is 6.41 Å². The zero-order valence-corrected chi connectivity index (χ0v) is 12.4. The SMILES string of the molecule is CCCN(C=O)C(C(=O)O)c1cc(Br)ccc1OC. The van der Waals surface area contributed by atoms with E-state index in [1.54, 1.807) is 18.2 Å². The Balaban J connectivity index is 3.28. The number of carbonyl (C=O) groups is 2. The molecule has 0 heterocycles. The largest absolute Gasteiger partial charge is 0.496 e. The number of ether oxygens (including phenoxy) is 1. The van der Waals surface area contributed by atoms with Crippen LogP contribution in [0.15, 0.2) is 22.7 Å². The van der Waals surface area contributed by atoms with Crippen molar-refractivity contribution in [1.82, 2.24) is 4.90 Å². The first-order chi connectivity index (χ1) is 9.04. The Labute approximate surface area is 120 Å². The molecule has 0 aliphatic rings. The van der Waals surface area contributed by atoms with Crippen molar-refractivity contribution in [1.29, 1.82) is 0 Å². The molecule has 104 valence electrons. The van der Waals surface area contributed by atoms with E-state index in [9.17, 15) is 14.7 Å². The van der Waals surface area contributed by atoms with E-state index in [1.807, 2.05) is 6.92 Å². The standard InChI is InChI=1S/C13H16BrNO4/c1-3-6-15(8-16)12(13(17)18)10-7-9(14)4-5-11(10)19-2/h4-5,7-8,12H,3,6H2,1-2H3,(H,17,18). The van der Waals surface area contributed by atoms with Gasteiger partial charge in [-0.2, -0.15) is 0 Å². The maximum Gasteiger partial charge on any atom is 0.331 e. The number of hydrogen-bond acceptors (Lipinski definition) is 3. The Morgan fingerprint density at radius 2 is 2.26 bits per heavy atom. The second kappa shape index (κ2) is 7.13. The van der Waals surface area contributed by atoms with Crippen molar-refractivity contribution in [3.8, 4) is 5.75 Å². The zero-order valence-electron chi connectivity index (χ0n) is 10.8. The maximum absolute atomic E-state index is 11.5. The number of carboxylic acid groups (broad SMARTS) is 1. The summed E-state index contributed by atoms with van der Waals surface area (Å²) in [7, 11) is 1.47. The van der Waals surface area contributed by atoms with Crippen molar-refractivity contribution >= 4 is 28.3 Å². The molecule has 1 aromatic rings. The third-order valence-corrected chi connectivity index (χ3v) is 3.16. The molecule has 1 amide bonds. The summed E-state index contributed by atoms with van der Waals surface area (Å²) in [6.07, 6.45) is 1.24. The van der Waals surface area contributed by atoms with E-state index >= 15 is 0 Å². The Morgan fingerprint density at radius 3 is 2.74 bits per heavy atom. The highest BCUT2D eigenvalue weighted by Gasteiger charge is 2.29. The van der Waals surface area contributed by atoms with Crippen LogP contribution >= 0.6 is 15.9 Å². The molecular formula is C13H16BrNO4. The number of carboxylic acids is 1. The number of aliphatic carboxylic acids is 1. The minimum atomic E-state index is -1.09. The van der Waals surface area contributed by atoms with Crippen LogP contribution in [-0.2, 0) is 9.59 Å². The van der Waals surface area contributed by atoms with Gasteiger partial charge in [-0.05, 0) is 24.6 Å². The lowest BCUT2D eigenvalue weighted by Gasteiger charge is -2.26. The quantitative estimate of drug-likeness (QED) is 0.780. The molecule has 0 saturated carbocycles. The summed E-state index contributed by atoms with van der Waals surface area (Å²) in [5.74, 6) is -0.643. The average molecular weight is 330 g/mol. The van der Waals surface area contributed by atoms with E-state index < -0.39 is 12.0 Å². The van der Waals surface area contributed by atoms with Gasteiger partial charge < -0.3 is 14.7 Å². The van der Waals surface area contributed by atoms with Crippen LogP contribution < -0.4 is 4.74 Å². The van der Waals surface area contributed by atoms with E-state index in [1.165, 1.54) is 12.0 Å². The molecule has 0 radical (unpaired) electrons. The second-order valence-corrected chi connectivity index (χ2v) is 4.89. The lowest BCUT2D eigenvalue weighted by molar-refractivity contribution is -0.146. The van der Waals surface area contributed by atoms with Gasteiger partial charge >= 0.3 is 5.97 Å². The van der Waals surface area contributed by atoms with Crippen LogP contribution in [0, 0.1) is 0 Å². The van der Waals surface area contributed by atoms with Crippen molar-refractivity contribution in [3.05, 3.63) is 28.2 Å². The Bertz CT molecular complexity index is 464. The van der Waals surface area contributed by atoms with Crippen molar-refractivity contribution in [3.63, 3.8) is 0 Å². The highest BCUT2D eigenvalue weighted by Crippen LogP contribution is 2.31. The molecule has 1 atom stereocenters. The third-order valence-electron chi connectivity index (χ3n) is 2.67.